The highest BCUT2D eigenvalue weighted by molar-refractivity contribution is 5.97. The fourth-order valence-electron chi connectivity index (χ4n) is 3.75. The Balaban J connectivity index is 1.57. The number of amides is 1. The SMILES string of the molecule is COc1ccc(Cc2nc3ccc(C(=O)N4CCCC4C)cc3o2)cc1OC. The van der Waals surface area contributed by atoms with Crippen LogP contribution in [0.4, 0.5) is 0 Å². The molecule has 1 aromatic heterocycles. The number of oxazole rings is 1. The van der Waals surface area contributed by atoms with Crippen molar-refractivity contribution < 1.29 is 18.7 Å². The van der Waals surface area contributed by atoms with Gasteiger partial charge < -0.3 is 18.8 Å². The molecule has 1 fully saturated rings. The molecule has 4 rings (SSSR count). The van der Waals surface area contributed by atoms with Gasteiger partial charge in [0.15, 0.2) is 23.0 Å². The normalized spacial score (nSPS) is 16.5. The largest absolute Gasteiger partial charge is 0.493 e. The van der Waals surface area contributed by atoms with E-state index < -0.39 is 0 Å². The van der Waals surface area contributed by atoms with E-state index in [9.17, 15) is 4.79 Å². The van der Waals surface area contributed by atoms with Crippen molar-refractivity contribution in [3.05, 3.63) is 53.4 Å². The third-order valence-corrected chi connectivity index (χ3v) is 5.30. The predicted molar refractivity (Wildman–Crippen MR) is 106 cm³/mol. The first-order valence-electron chi connectivity index (χ1n) is 9.50. The number of fused-ring (bicyclic) bond motifs is 1. The molecule has 0 N–H and O–H groups in total. The van der Waals surface area contributed by atoms with Gasteiger partial charge in [0.25, 0.3) is 5.91 Å². The van der Waals surface area contributed by atoms with Crippen molar-refractivity contribution in [1.29, 1.82) is 0 Å². The standard InChI is InChI=1S/C22H24N2O4/c1-14-5-4-10-24(14)22(25)16-7-8-17-19(13-16)28-21(23-17)12-15-6-9-18(26-2)20(11-15)27-3/h6-9,11,13-14H,4-5,10,12H2,1-3H3. The van der Waals surface area contributed by atoms with Crippen LogP contribution in [0.1, 0.15) is 41.6 Å². The lowest BCUT2D eigenvalue weighted by atomic mass is 10.1. The molecule has 1 amide bonds. The zero-order valence-electron chi connectivity index (χ0n) is 16.4. The van der Waals surface area contributed by atoms with Gasteiger partial charge in [-0.1, -0.05) is 6.07 Å². The van der Waals surface area contributed by atoms with Crippen molar-refractivity contribution in [3.8, 4) is 11.5 Å². The summed E-state index contributed by atoms with van der Waals surface area (Å²) in [5.41, 5.74) is 3.04. The molecule has 1 aliphatic rings. The molecular weight excluding hydrogens is 356 g/mol. The second-order valence-electron chi connectivity index (χ2n) is 7.15. The van der Waals surface area contributed by atoms with Crippen LogP contribution in [0.15, 0.2) is 40.8 Å². The van der Waals surface area contributed by atoms with E-state index in [1.54, 1.807) is 20.3 Å². The lowest BCUT2D eigenvalue weighted by Gasteiger charge is -2.21. The van der Waals surface area contributed by atoms with Gasteiger partial charge in [-0.3, -0.25) is 4.79 Å². The number of carbonyl (C=O) groups excluding carboxylic acids is 1. The maximum absolute atomic E-state index is 12.8. The van der Waals surface area contributed by atoms with E-state index in [-0.39, 0.29) is 5.91 Å². The number of rotatable bonds is 5. The van der Waals surface area contributed by atoms with E-state index in [0.29, 0.717) is 41.0 Å². The predicted octanol–water partition coefficient (Wildman–Crippen LogP) is 4.06. The maximum Gasteiger partial charge on any atom is 0.254 e. The molecule has 1 unspecified atom stereocenters. The van der Waals surface area contributed by atoms with Crippen molar-refractivity contribution in [1.82, 2.24) is 9.88 Å². The Morgan fingerprint density at radius 2 is 2.00 bits per heavy atom. The number of likely N-dealkylation sites (tertiary alicyclic amines) is 1. The molecule has 1 aliphatic heterocycles. The van der Waals surface area contributed by atoms with E-state index in [1.807, 2.05) is 35.2 Å². The molecule has 28 heavy (non-hydrogen) atoms. The van der Waals surface area contributed by atoms with Crippen LogP contribution in [0.3, 0.4) is 0 Å². The first kappa shape index (κ1) is 18.3. The summed E-state index contributed by atoms with van der Waals surface area (Å²) in [7, 11) is 3.22. The van der Waals surface area contributed by atoms with Gasteiger partial charge in [-0.25, -0.2) is 4.98 Å². The second-order valence-corrected chi connectivity index (χ2v) is 7.15. The molecule has 2 aromatic carbocycles. The number of carbonyl (C=O) groups is 1. The summed E-state index contributed by atoms with van der Waals surface area (Å²) < 4.78 is 16.6. The van der Waals surface area contributed by atoms with Crippen LogP contribution in [0.2, 0.25) is 0 Å². The Bertz CT molecular complexity index is 1010. The first-order chi connectivity index (χ1) is 13.6. The number of ether oxygens (including phenoxy) is 2. The minimum Gasteiger partial charge on any atom is -0.493 e. The van der Waals surface area contributed by atoms with Crippen molar-refractivity contribution in [3.63, 3.8) is 0 Å². The fourth-order valence-corrected chi connectivity index (χ4v) is 3.75. The Morgan fingerprint density at radius 1 is 1.18 bits per heavy atom. The third-order valence-electron chi connectivity index (χ3n) is 5.30. The molecule has 146 valence electrons. The smallest absolute Gasteiger partial charge is 0.254 e. The molecule has 6 nitrogen and oxygen atoms in total. The van der Waals surface area contributed by atoms with Gasteiger partial charge in [0, 0.05) is 24.6 Å². The summed E-state index contributed by atoms with van der Waals surface area (Å²) in [5, 5.41) is 0. The second kappa shape index (κ2) is 7.54. The van der Waals surface area contributed by atoms with E-state index in [0.717, 1.165) is 30.5 Å². The van der Waals surface area contributed by atoms with Crippen molar-refractivity contribution in [2.75, 3.05) is 20.8 Å². The number of hydrogen-bond acceptors (Lipinski definition) is 5. The van der Waals surface area contributed by atoms with Crippen molar-refractivity contribution in [2.45, 2.75) is 32.2 Å². The molecule has 0 spiro atoms. The lowest BCUT2D eigenvalue weighted by Crippen LogP contribution is -2.33. The van der Waals surface area contributed by atoms with Gasteiger partial charge in [0.05, 0.1) is 14.2 Å². The Kier molecular flexibility index (Phi) is 4.94. The fraction of sp³-hybridized carbons (Fsp3) is 0.364. The Labute approximate surface area is 164 Å². The van der Waals surface area contributed by atoms with Crippen LogP contribution < -0.4 is 9.47 Å². The molecule has 2 heterocycles. The molecule has 6 heteroatoms. The van der Waals surface area contributed by atoms with E-state index in [2.05, 4.69) is 11.9 Å². The first-order valence-corrected chi connectivity index (χ1v) is 9.50. The molecular formula is C22H24N2O4. The Morgan fingerprint density at radius 3 is 2.71 bits per heavy atom. The number of aromatic nitrogens is 1. The van der Waals surface area contributed by atoms with Crippen molar-refractivity contribution >= 4 is 17.0 Å². The minimum atomic E-state index is 0.0599. The summed E-state index contributed by atoms with van der Waals surface area (Å²) in [6.45, 7) is 2.91. The number of hydrogen-bond donors (Lipinski definition) is 0. The van der Waals surface area contributed by atoms with Crippen LogP contribution in [-0.4, -0.2) is 42.6 Å². The van der Waals surface area contributed by atoms with E-state index >= 15 is 0 Å². The summed E-state index contributed by atoms with van der Waals surface area (Å²) in [6.07, 6.45) is 2.65. The average molecular weight is 380 g/mol. The molecule has 0 radical (unpaired) electrons. The summed E-state index contributed by atoms with van der Waals surface area (Å²) in [4.78, 5) is 19.3. The lowest BCUT2D eigenvalue weighted by molar-refractivity contribution is 0.0747. The molecule has 3 aromatic rings. The quantitative estimate of drug-likeness (QED) is 0.668. The van der Waals surface area contributed by atoms with Crippen LogP contribution in [0.25, 0.3) is 11.1 Å². The van der Waals surface area contributed by atoms with Crippen LogP contribution in [0, 0.1) is 0 Å². The third kappa shape index (κ3) is 3.42. The van der Waals surface area contributed by atoms with Gasteiger partial charge in [0.1, 0.15) is 5.52 Å². The summed E-state index contributed by atoms with van der Waals surface area (Å²) in [5.74, 6) is 2.01. The molecule has 0 bridgehead atoms. The highest BCUT2D eigenvalue weighted by Gasteiger charge is 2.26. The van der Waals surface area contributed by atoms with Crippen LogP contribution in [0.5, 0.6) is 11.5 Å². The zero-order chi connectivity index (χ0) is 19.7. The Hall–Kier alpha value is -3.02. The van der Waals surface area contributed by atoms with Crippen LogP contribution in [-0.2, 0) is 6.42 Å². The number of benzene rings is 2. The van der Waals surface area contributed by atoms with E-state index in [1.165, 1.54) is 0 Å². The van der Waals surface area contributed by atoms with Gasteiger partial charge in [-0.2, -0.15) is 0 Å². The summed E-state index contributed by atoms with van der Waals surface area (Å²) in [6, 6.07) is 11.5. The topological polar surface area (TPSA) is 64.8 Å². The zero-order valence-corrected chi connectivity index (χ0v) is 16.4. The van der Waals surface area contributed by atoms with Gasteiger partial charge in [-0.15, -0.1) is 0 Å². The van der Waals surface area contributed by atoms with Crippen LogP contribution >= 0.6 is 0 Å². The van der Waals surface area contributed by atoms with Crippen molar-refractivity contribution in [2.24, 2.45) is 0 Å². The molecule has 0 aliphatic carbocycles. The molecule has 0 saturated carbocycles. The van der Waals surface area contributed by atoms with Gasteiger partial charge in [-0.05, 0) is 55.7 Å². The number of methoxy groups -OCH3 is 2. The molecule has 1 atom stereocenters. The monoisotopic (exact) mass is 380 g/mol. The highest BCUT2D eigenvalue weighted by atomic mass is 16.5. The summed E-state index contributed by atoms with van der Waals surface area (Å²) >= 11 is 0. The van der Waals surface area contributed by atoms with E-state index in [4.69, 9.17) is 13.9 Å². The molecule has 1 saturated heterocycles. The minimum absolute atomic E-state index is 0.0599. The highest BCUT2D eigenvalue weighted by Crippen LogP contribution is 2.29. The maximum atomic E-state index is 12.8. The van der Waals surface area contributed by atoms with Gasteiger partial charge in [0.2, 0.25) is 0 Å². The van der Waals surface area contributed by atoms with Gasteiger partial charge >= 0.3 is 0 Å². The number of nitrogens with zero attached hydrogens (tertiary/aromatic N) is 2. The average Bonchev–Trinajstić information content (AvgIpc) is 3.31.